The van der Waals surface area contributed by atoms with Gasteiger partial charge in [0.15, 0.2) is 0 Å². The number of rotatable bonds is 4. The SMILES string of the molecule is CN1CCC(N2CCN(C(=O)[C@H](NC(=O)Nc3ccc(Cl)cc3)C(C)(C)C)CC2)CC1. The van der Waals surface area contributed by atoms with Gasteiger partial charge < -0.3 is 20.4 Å². The lowest BCUT2D eigenvalue weighted by Crippen LogP contribution is -2.60. The van der Waals surface area contributed by atoms with Crippen LogP contribution in [0.15, 0.2) is 24.3 Å². The van der Waals surface area contributed by atoms with Crippen LogP contribution in [0.2, 0.25) is 5.02 Å². The van der Waals surface area contributed by atoms with Gasteiger partial charge in [-0.05, 0) is 62.7 Å². The minimum atomic E-state index is -0.602. The number of piperidine rings is 1. The second-order valence-electron chi connectivity index (χ2n) is 9.80. The molecule has 2 N–H and O–H groups in total. The van der Waals surface area contributed by atoms with Crippen molar-refractivity contribution in [2.75, 3.05) is 51.6 Å². The van der Waals surface area contributed by atoms with Crippen LogP contribution in [0.5, 0.6) is 0 Å². The van der Waals surface area contributed by atoms with E-state index in [2.05, 4.69) is 27.5 Å². The van der Waals surface area contributed by atoms with Crippen LogP contribution in [0.25, 0.3) is 0 Å². The molecule has 8 heteroatoms. The van der Waals surface area contributed by atoms with Crippen molar-refractivity contribution in [3.05, 3.63) is 29.3 Å². The van der Waals surface area contributed by atoms with Gasteiger partial charge in [-0.25, -0.2) is 4.79 Å². The summed E-state index contributed by atoms with van der Waals surface area (Å²) in [5, 5.41) is 6.30. The number of hydrogen-bond donors (Lipinski definition) is 2. The third-order valence-corrected chi connectivity index (χ3v) is 6.57. The van der Waals surface area contributed by atoms with Crippen LogP contribution in [0.4, 0.5) is 10.5 Å². The number of nitrogens with one attached hydrogen (secondary N) is 2. The Hall–Kier alpha value is -1.83. The van der Waals surface area contributed by atoms with Crippen molar-refractivity contribution >= 4 is 29.2 Å². The van der Waals surface area contributed by atoms with Crippen molar-refractivity contribution in [1.82, 2.24) is 20.0 Å². The first-order chi connectivity index (χ1) is 14.6. The zero-order valence-electron chi connectivity index (χ0n) is 19.2. The fourth-order valence-electron chi connectivity index (χ4n) is 4.33. The van der Waals surface area contributed by atoms with E-state index in [1.165, 1.54) is 12.8 Å². The van der Waals surface area contributed by atoms with Gasteiger partial charge in [-0.3, -0.25) is 9.69 Å². The summed E-state index contributed by atoms with van der Waals surface area (Å²) in [5.74, 6) is -0.0122. The third kappa shape index (κ3) is 6.57. The van der Waals surface area contributed by atoms with Gasteiger partial charge in [0, 0.05) is 42.9 Å². The van der Waals surface area contributed by atoms with Crippen molar-refractivity contribution in [3.8, 4) is 0 Å². The Morgan fingerprint density at radius 1 is 1.00 bits per heavy atom. The zero-order valence-corrected chi connectivity index (χ0v) is 19.9. The summed E-state index contributed by atoms with van der Waals surface area (Å²) >= 11 is 5.90. The molecule has 0 radical (unpaired) electrons. The second-order valence-corrected chi connectivity index (χ2v) is 10.2. The molecule has 3 amide bonds. The monoisotopic (exact) mass is 449 g/mol. The lowest BCUT2D eigenvalue weighted by Gasteiger charge is -2.43. The van der Waals surface area contributed by atoms with Crippen LogP contribution < -0.4 is 10.6 Å². The number of benzene rings is 1. The molecule has 1 atom stereocenters. The van der Waals surface area contributed by atoms with Crippen molar-refractivity contribution in [2.24, 2.45) is 5.41 Å². The van der Waals surface area contributed by atoms with Gasteiger partial charge in [0.1, 0.15) is 6.04 Å². The first-order valence-corrected chi connectivity index (χ1v) is 11.6. The minimum Gasteiger partial charge on any atom is -0.338 e. The molecule has 2 aliphatic heterocycles. The van der Waals surface area contributed by atoms with Crippen LogP contribution in [0.1, 0.15) is 33.6 Å². The summed E-state index contributed by atoms with van der Waals surface area (Å²) in [4.78, 5) is 32.8. The van der Waals surface area contributed by atoms with Gasteiger partial charge >= 0.3 is 6.03 Å². The van der Waals surface area contributed by atoms with E-state index in [1.807, 2.05) is 25.7 Å². The van der Waals surface area contributed by atoms with E-state index in [1.54, 1.807) is 24.3 Å². The van der Waals surface area contributed by atoms with Crippen LogP contribution >= 0.6 is 11.6 Å². The van der Waals surface area contributed by atoms with E-state index in [0.29, 0.717) is 29.8 Å². The summed E-state index contributed by atoms with van der Waals surface area (Å²) in [6, 6.07) is 6.53. The fraction of sp³-hybridized carbons (Fsp3) is 0.652. The number of likely N-dealkylation sites (tertiary alicyclic amines) is 1. The van der Waals surface area contributed by atoms with Gasteiger partial charge in [-0.15, -0.1) is 0 Å². The largest absolute Gasteiger partial charge is 0.338 e. The molecule has 172 valence electrons. The molecule has 0 spiro atoms. The van der Waals surface area contributed by atoms with Gasteiger partial charge in [-0.2, -0.15) is 0 Å². The molecule has 2 fully saturated rings. The van der Waals surface area contributed by atoms with Crippen LogP contribution in [0.3, 0.4) is 0 Å². The summed E-state index contributed by atoms with van der Waals surface area (Å²) in [6.45, 7) is 11.4. The quantitative estimate of drug-likeness (QED) is 0.741. The maximum absolute atomic E-state index is 13.3. The van der Waals surface area contributed by atoms with Crippen LogP contribution in [-0.4, -0.2) is 85.0 Å². The number of anilines is 1. The summed E-state index contributed by atoms with van der Waals surface area (Å²) in [5.41, 5.74) is 0.230. The molecule has 2 saturated heterocycles. The Labute approximate surface area is 191 Å². The lowest BCUT2D eigenvalue weighted by molar-refractivity contribution is -0.138. The Kier molecular flexibility index (Phi) is 7.83. The van der Waals surface area contributed by atoms with E-state index in [4.69, 9.17) is 11.6 Å². The van der Waals surface area contributed by atoms with Crippen LogP contribution in [-0.2, 0) is 4.79 Å². The first kappa shape index (κ1) is 23.8. The number of carbonyl (C=O) groups excluding carboxylic acids is 2. The van der Waals surface area contributed by atoms with Crippen molar-refractivity contribution in [2.45, 2.75) is 45.7 Å². The molecular weight excluding hydrogens is 414 g/mol. The van der Waals surface area contributed by atoms with Crippen LogP contribution in [0, 0.1) is 5.41 Å². The Morgan fingerprint density at radius 2 is 1.58 bits per heavy atom. The summed E-state index contributed by atoms with van der Waals surface area (Å²) in [6.07, 6.45) is 2.39. The van der Waals surface area contributed by atoms with E-state index in [9.17, 15) is 9.59 Å². The van der Waals surface area contributed by atoms with E-state index in [0.717, 1.165) is 26.2 Å². The Bertz CT molecular complexity index is 748. The molecule has 0 bridgehead atoms. The van der Waals surface area contributed by atoms with Crippen molar-refractivity contribution in [1.29, 1.82) is 0 Å². The number of amides is 3. The van der Waals surface area contributed by atoms with Crippen molar-refractivity contribution in [3.63, 3.8) is 0 Å². The molecule has 0 aromatic heterocycles. The van der Waals surface area contributed by atoms with E-state index in [-0.39, 0.29) is 11.9 Å². The smallest absolute Gasteiger partial charge is 0.319 e. The standard InChI is InChI=1S/C23H36ClN5O2/c1-23(2,3)20(26-22(31)25-18-7-5-17(24)6-8-18)21(30)29-15-13-28(14-16-29)19-9-11-27(4)12-10-19/h5-8,19-20H,9-16H2,1-4H3,(H2,25,26,31)/t20-/m0/s1. The highest BCUT2D eigenvalue weighted by molar-refractivity contribution is 6.30. The number of urea groups is 1. The topological polar surface area (TPSA) is 67.9 Å². The Morgan fingerprint density at radius 3 is 2.13 bits per heavy atom. The zero-order chi connectivity index (χ0) is 22.6. The van der Waals surface area contributed by atoms with Gasteiger partial charge in [0.2, 0.25) is 5.91 Å². The molecule has 31 heavy (non-hydrogen) atoms. The molecule has 1 aromatic carbocycles. The normalized spacial score (nSPS) is 20.4. The average molecular weight is 450 g/mol. The number of halogens is 1. The maximum atomic E-state index is 13.3. The lowest BCUT2D eigenvalue weighted by atomic mass is 9.85. The number of nitrogens with zero attached hydrogens (tertiary/aromatic N) is 3. The number of carbonyl (C=O) groups is 2. The van der Waals surface area contributed by atoms with E-state index < -0.39 is 11.5 Å². The maximum Gasteiger partial charge on any atom is 0.319 e. The predicted molar refractivity (Wildman–Crippen MR) is 126 cm³/mol. The molecule has 0 aliphatic carbocycles. The highest BCUT2D eigenvalue weighted by atomic mass is 35.5. The van der Waals surface area contributed by atoms with Crippen molar-refractivity contribution < 1.29 is 9.59 Å². The van der Waals surface area contributed by atoms with Gasteiger partial charge in [-0.1, -0.05) is 32.4 Å². The fourth-order valence-corrected chi connectivity index (χ4v) is 4.46. The molecule has 7 nitrogen and oxygen atoms in total. The second kappa shape index (κ2) is 10.2. The van der Waals surface area contributed by atoms with Gasteiger partial charge in [0.05, 0.1) is 0 Å². The molecule has 0 unspecified atom stereocenters. The predicted octanol–water partition coefficient (Wildman–Crippen LogP) is 3.11. The number of piperazine rings is 1. The first-order valence-electron chi connectivity index (χ1n) is 11.2. The molecule has 0 saturated carbocycles. The number of hydrogen-bond acceptors (Lipinski definition) is 4. The third-order valence-electron chi connectivity index (χ3n) is 6.32. The summed E-state index contributed by atoms with van der Waals surface area (Å²) in [7, 11) is 2.18. The van der Waals surface area contributed by atoms with Gasteiger partial charge in [0.25, 0.3) is 0 Å². The molecule has 2 aliphatic rings. The highest BCUT2D eigenvalue weighted by Gasteiger charge is 2.37. The molecule has 2 heterocycles. The average Bonchev–Trinajstić information content (AvgIpc) is 2.73. The molecule has 1 aromatic rings. The van der Waals surface area contributed by atoms with E-state index >= 15 is 0 Å². The molecule has 3 rings (SSSR count). The minimum absolute atomic E-state index is 0.0122. The molecular formula is C23H36ClN5O2. The highest BCUT2D eigenvalue weighted by Crippen LogP contribution is 2.23. The summed E-state index contributed by atoms with van der Waals surface area (Å²) < 4.78 is 0. The Balaban J connectivity index is 1.56.